The Kier molecular flexibility index (Phi) is 5.02. The van der Waals surface area contributed by atoms with Gasteiger partial charge >= 0.3 is 0 Å². The van der Waals surface area contributed by atoms with E-state index < -0.39 is 6.04 Å². The molecule has 0 saturated carbocycles. The van der Waals surface area contributed by atoms with Crippen molar-refractivity contribution in [3.05, 3.63) is 50.6 Å². The molecule has 2 heterocycles. The number of thiophene rings is 1. The van der Waals surface area contributed by atoms with Gasteiger partial charge in [-0.2, -0.15) is 4.68 Å². The lowest BCUT2D eigenvalue weighted by molar-refractivity contribution is -0.119. The molecule has 0 unspecified atom stereocenters. The zero-order valence-electron chi connectivity index (χ0n) is 16.4. The molecule has 0 radical (unpaired) electrons. The molecule has 0 spiro atoms. The largest absolute Gasteiger partial charge is 0.324 e. The summed E-state index contributed by atoms with van der Waals surface area (Å²) in [4.78, 5) is 27.7. The molecular weight excluding hydrogens is 372 g/mol. The van der Waals surface area contributed by atoms with Crippen molar-refractivity contribution in [2.24, 2.45) is 5.92 Å². The van der Waals surface area contributed by atoms with Gasteiger partial charge in [0.25, 0.3) is 5.56 Å². The van der Waals surface area contributed by atoms with Crippen molar-refractivity contribution in [1.29, 1.82) is 0 Å². The zero-order chi connectivity index (χ0) is 19.8. The maximum absolute atomic E-state index is 13.1. The van der Waals surface area contributed by atoms with Crippen LogP contribution in [0.2, 0.25) is 0 Å². The van der Waals surface area contributed by atoms with Crippen molar-refractivity contribution in [2.75, 3.05) is 5.32 Å². The maximum atomic E-state index is 13.1. The van der Waals surface area contributed by atoms with E-state index in [1.54, 1.807) is 18.3 Å². The van der Waals surface area contributed by atoms with Crippen LogP contribution < -0.4 is 10.9 Å². The van der Waals surface area contributed by atoms with Gasteiger partial charge in [-0.3, -0.25) is 9.59 Å². The number of aryl methyl sites for hydroxylation is 2. The zero-order valence-corrected chi connectivity index (χ0v) is 17.2. The summed E-state index contributed by atoms with van der Waals surface area (Å²) < 4.78 is 1.21. The average molecular weight is 397 g/mol. The van der Waals surface area contributed by atoms with E-state index in [0.29, 0.717) is 21.8 Å². The van der Waals surface area contributed by atoms with Crippen molar-refractivity contribution in [2.45, 2.75) is 52.5 Å². The molecule has 28 heavy (non-hydrogen) atoms. The van der Waals surface area contributed by atoms with E-state index in [2.05, 4.69) is 29.5 Å². The molecule has 1 amide bonds. The minimum Gasteiger partial charge on any atom is -0.324 e. The van der Waals surface area contributed by atoms with Crippen molar-refractivity contribution in [3.8, 4) is 0 Å². The number of nitrogens with one attached hydrogen (secondary N) is 1. The van der Waals surface area contributed by atoms with E-state index >= 15 is 0 Å². The smallest absolute Gasteiger partial charge is 0.279 e. The van der Waals surface area contributed by atoms with Crippen molar-refractivity contribution in [1.82, 2.24) is 15.0 Å². The summed E-state index contributed by atoms with van der Waals surface area (Å²) in [6.07, 6.45) is 3.89. The SMILES string of the molecule is CCc1ccc(NC(=O)[C@@H](C)n2nnc3sc4c(c3c2=O)CC[C@H](C)C4)cc1. The van der Waals surface area contributed by atoms with Crippen LogP contribution in [0.4, 0.5) is 5.69 Å². The fourth-order valence-electron chi connectivity index (χ4n) is 3.71. The predicted molar refractivity (Wildman–Crippen MR) is 112 cm³/mol. The number of hydrogen-bond acceptors (Lipinski definition) is 5. The van der Waals surface area contributed by atoms with Gasteiger partial charge in [-0.15, -0.1) is 16.4 Å². The predicted octanol–water partition coefficient (Wildman–Crippen LogP) is 3.74. The Labute approximate surface area is 167 Å². The summed E-state index contributed by atoms with van der Waals surface area (Å²) in [5, 5.41) is 11.8. The molecule has 0 saturated heterocycles. The average Bonchev–Trinajstić information content (AvgIpc) is 3.06. The first kappa shape index (κ1) is 18.8. The molecule has 0 fully saturated rings. The number of fused-ring (bicyclic) bond motifs is 3. The van der Waals surface area contributed by atoms with Gasteiger partial charge in [-0.05, 0) is 61.8 Å². The third-order valence-corrected chi connectivity index (χ3v) is 6.66. The number of anilines is 1. The molecule has 1 aromatic carbocycles. The second-order valence-electron chi connectivity index (χ2n) is 7.59. The summed E-state index contributed by atoms with van der Waals surface area (Å²) in [6, 6.07) is 6.97. The Morgan fingerprint density at radius 2 is 2.11 bits per heavy atom. The summed E-state index contributed by atoms with van der Waals surface area (Å²) in [5.74, 6) is 0.345. The number of aromatic nitrogens is 3. The second-order valence-corrected chi connectivity index (χ2v) is 8.67. The normalized spacial score (nSPS) is 17.3. The van der Waals surface area contributed by atoms with Gasteiger partial charge in [0.2, 0.25) is 5.91 Å². The Morgan fingerprint density at radius 3 is 2.82 bits per heavy atom. The summed E-state index contributed by atoms with van der Waals surface area (Å²) in [5.41, 5.74) is 2.80. The molecule has 6 nitrogen and oxygen atoms in total. The van der Waals surface area contributed by atoms with E-state index in [0.717, 1.165) is 31.2 Å². The van der Waals surface area contributed by atoms with E-state index in [4.69, 9.17) is 0 Å². The number of carbonyl (C=O) groups is 1. The first-order valence-electron chi connectivity index (χ1n) is 9.77. The van der Waals surface area contributed by atoms with Crippen LogP contribution in [-0.2, 0) is 24.1 Å². The highest BCUT2D eigenvalue weighted by Gasteiger charge is 2.26. The van der Waals surface area contributed by atoms with E-state index in [1.807, 2.05) is 24.3 Å². The van der Waals surface area contributed by atoms with Gasteiger partial charge in [0, 0.05) is 10.6 Å². The highest BCUT2D eigenvalue weighted by molar-refractivity contribution is 7.18. The fourth-order valence-corrected chi connectivity index (χ4v) is 5.02. The lowest BCUT2D eigenvalue weighted by atomic mass is 9.89. The van der Waals surface area contributed by atoms with E-state index in [9.17, 15) is 9.59 Å². The van der Waals surface area contributed by atoms with Crippen molar-refractivity contribution >= 4 is 33.1 Å². The Hall–Kier alpha value is -2.54. The highest BCUT2D eigenvalue weighted by Crippen LogP contribution is 2.35. The Balaban J connectivity index is 1.63. The lowest BCUT2D eigenvalue weighted by Gasteiger charge is -2.17. The Morgan fingerprint density at radius 1 is 1.36 bits per heavy atom. The van der Waals surface area contributed by atoms with Crippen LogP contribution in [0.3, 0.4) is 0 Å². The van der Waals surface area contributed by atoms with Crippen LogP contribution in [0, 0.1) is 5.92 Å². The molecule has 0 bridgehead atoms. The number of carbonyl (C=O) groups excluding carboxylic acids is 1. The van der Waals surface area contributed by atoms with Gasteiger partial charge in [-0.1, -0.05) is 31.2 Å². The molecular formula is C21H24N4O2S. The number of benzene rings is 1. The van der Waals surface area contributed by atoms with Crippen LogP contribution in [0.5, 0.6) is 0 Å². The minimum absolute atomic E-state index is 0.221. The first-order chi connectivity index (χ1) is 13.5. The molecule has 2 aromatic heterocycles. The number of nitrogens with zero attached hydrogens (tertiary/aromatic N) is 3. The molecule has 7 heteroatoms. The molecule has 1 aliphatic rings. The number of amides is 1. The van der Waals surface area contributed by atoms with Gasteiger partial charge in [-0.25, -0.2) is 0 Å². The van der Waals surface area contributed by atoms with E-state index in [1.165, 1.54) is 15.1 Å². The number of rotatable bonds is 4. The first-order valence-corrected chi connectivity index (χ1v) is 10.6. The Bertz CT molecular complexity index is 1080. The molecule has 2 atom stereocenters. The monoisotopic (exact) mass is 396 g/mol. The number of hydrogen-bond donors (Lipinski definition) is 1. The minimum atomic E-state index is -0.742. The topological polar surface area (TPSA) is 76.9 Å². The summed E-state index contributed by atoms with van der Waals surface area (Å²) in [7, 11) is 0. The van der Waals surface area contributed by atoms with Crippen LogP contribution in [0.1, 0.15) is 49.2 Å². The van der Waals surface area contributed by atoms with Crippen LogP contribution in [-0.4, -0.2) is 20.9 Å². The van der Waals surface area contributed by atoms with E-state index in [-0.39, 0.29) is 11.5 Å². The third kappa shape index (κ3) is 3.35. The summed E-state index contributed by atoms with van der Waals surface area (Å²) >= 11 is 1.57. The molecule has 146 valence electrons. The fraction of sp³-hybridized carbons (Fsp3) is 0.429. The van der Waals surface area contributed by atoms with Gasteiger partial charge < -0.3 is 5.32 Å². The summed E-state index contributed by atoms with van der Waals surface area (Å²) in [6.45, 7) is 6.00. The van der Waals surface area contributed by atoms with Gasteiger partial charge in [0.05, 0.1) is 5.39 Å². The lowest BCUT2D eigenvalue weighted by Crippen LogP contribution is -2.34. The molecule has 4 rings (SSSR count). The standard InChI is InChI=1S/C21H24N4O2S/c1-4-14-6-8-15(9-7-14)22-19(26)13(3)25-21(27)18-16-10-5-12(2)11-17(16)28-20(18)23-24-25/h6-9,12-13H,4-5,10-11H2,1-3H3,(H,22,26)/t12-,13+/m0/s1. The van der Waals surface area contributed by atoms with Crippen molar-refractivity contribution in [3.63, 3.8) is 0 Å². The third-order valence-electron chi connectivity index (χ3n) is 5.52. The molecule has 1 aliphatic carbocycles. The quantitative estimate of drug-likeness (QED) is 0.729. The van der Waals surface area contributed by atoms with Crippen LogP contribution in [0.15, 0.2) is 29.1 Å². The van der Waals surface area contributed by atoms with Gasteiger partial charge in [0.1, 0.15) is 6.04 Å². The molecule has 3 aromatic rings. The van der Waals surface area contributed by atoms with Crippen LogP contribution in [0.25, 0.3) is 10.2 Å². The second kappa shape index (κ2) is 7.47. The molecule has 1 N–H and O–H groups in total. The van der Waals surface area contributed by atoms with Gasteiger partial charge in [0.15, 0.2) is 4.83 Å². The van der Waals surface area contributed by atoms with Crippen LogP contribution >= 0.6 is 11.3 Å². The highest BCUT2D eigenvalue weighted by atomic mass is 32.1. The maximum Gasteiger partial charge on any atom is 0.279 e. The molecule has 0 aliphatic heterocycles. The van der Waals surface area contributed by atoms with Crippen molar-refractivity contribution < 1.29 is 4.79 Å².